The number of benzene rings is 2. The Balaban J connectivity index is 2.09. The molecule has 0 atom stereocenters. The molecule has 108 valence electrons. The van der Waals surface area contributed by atoms with Gasteiger partial charge in [0.2, 0.25) is 5.91 Å². The van der Waals surface area contributed by atoms with E-state index in [1.807, 2.05) is 25.1 Å². The van der Waals surface area contributed by atoms with Gasteiger partial charge in [0, 0.05) is 16.6 Å². The van der Waals surface area contributed by atoms with Crippen molar-refractivity contribution in [1.29, 1.82) is 0 Å². The fraction of sp³-hybridized carbons (Fsp3) is 0.125. The average Bonchev–Trinajstić information content (AvgIpc) is 2.48. The van der Waals surface area contributed by atoms with Gasteiger partial charge in [-0.1, -0.05) is 24.3 Å². The molecule has 0 spiro atoms. The number of amides is 2. The van der Waals surface area contributed by atoms with E-state index >= 15 is 0 Å². The molecule has 5 heteroatoms. The summed E-state index contributed by atoms with van der Waals surface area (Å²) in [6.07, 6.45) is 0. The fourth-order valence-corrected chi connectivity index (χ4v) is 2.38. The number of hydrogen-bond acceptors (Lipinski definition) is 2. The van der Waals surface area contributed by atoms with E-state index in [9.17, 15) is 9.59 Å². The summed E-state index contributed by atoms with van der Waals surface area (Å²) in [5.41, 5.74) is 8.07. The van der Waals surface area contributed by atoms with Crippen LogP contribution in [0, 0.1) is 6.92 Å². The molecule has 2 rings (SSSR count). The molecule has 4 nitrogen and oxygen atoms in total. The van der Waals surface area contributed by atoms with E-state index in [1.54, 1.807) is 24.3 Å². The van der Waals surface area contributed by atoms with Gasteiger partial charge in [0.25, 0.3) is 5.91 Å². The fourth-order valence-electron chi connectivity index (χ4n) is 1.93. The lowest BCUT2D eigenvalue weighted by molar-refractivity contribution is 0.0949. The Morgan fingerprint density at radius 1 is 1.19 bits per heavy atom. The summed E-state index contributed by atoms with van der Waals surface area (Å²) in [4.78, 5) is 23.3. The van der Waals surface area contributed by atoms with Crippen LogP contribution in [-0.2, 0) is 6.54 Å². The number of rotatable bonds is 4. The Kier molecular flexibility index (Phi) is 4.75. The van der Waals surface area contributed by atoms with Crippen molar-refractivity contribution >= 4 is 27.7 Å². The molecule has 0 saturated carbocycles. The van der Waals surface area contributed by atoms with Gasteiger partial charge in [0.05, 0.1) is 5.56 Å². The van der Waals surface area contributed by atoms with Crippen molar-refractivity contribution in [2.75, 3.05) is 0 Å². The first kappa shape index (κ1) is 15.3. The minimum absolute atomic E-state index is 0.171. The molecule has 0 saturated heterocycles. The number of carbonyl (C=O) groups excluding carboxylic acids is 2. The van der Waals surface area contributed by atoms with Gasteiger partial charge in [-0.15, -0.1) is 0 Å². The van der Waals surface area contributed by atoms with E-state index in [4.69, 9.17) is 5.73 Å². The predicted molar refractivity (Wildman–Crippen MR) is 85.0 cm³/mol. The van der Waals surface area contributed by atoms with Gasteiger partial charge in [-0.25, -0.2) is 0 Å². The Morgan fingerprint density at radius 3 is 2.62 bits per heavy atom. The summed E-state index contributed by atoms with van der Waals surface area (Å²) >= 11 is 3.42. The molecule has 2 amide bonds. The molecule has 21 heavy (non-hydrogen) atoms. The Hall–Kier alpha value is -2.14. The van der Waals surface area contributed by atoms with Crippen LogP contribution in [0.5, 0.6) is 0 Å². The van der Waals surface area contributed by atoms with Crippen LogP contribution in [0.1, 0.15) is 31.8 Å². The van der Waals surface area contributed by atoms with Crippen molar-refractivity contribution in [2.45, 2.75) is 13.5 Å². The van der Waals surface area contributed by atoms with Crippen LogP contribution in [0.2, 0.25) is 0 Å². The van der Waals surface area contributed by atoms with Crippen molar-refractivity contribution in [3.63, 3.8) is 0 Å². The Labute approximate surface area is 131 Å². The average molecular weight is 347 g/mol. The van der Waals surface area contributed by atoms with E-state index in [1.165, 1.54) is 0 Å². The van der Waals surface area contributed by atoms with E-state index in [2.05, 4.69) is 21.2 Å². The number of nitrogens with two attached hydrogens (primary N) is 1. The van der Waals surface area contributed by atoms with Crippen molar-refractivity contribution in [2.24, 2.45) is 5.73 Å². The van der Waals surface area contributed by atoms with Crippen LogP contribution in [0.3, 0.4) is 0 Å². The Morgan fingerprint density at radius 2 is 1.90 bits per heavy atom. The van der Waals surface area contributed by atoms with E-state index in [-0.39, 0.29) is 5.91 Å². The first-order valence-electron chi connectivity index (χ1n) is 6.41. The van der Waals surface area contributed by atoms with Gasteiger partial charge in [-0.2, -0.15) is 0 Å². The lowest BCUT2D eigenvalue weighted by Crippen LogP contribution is -2.23. The summed E-state index contributed by atoms with van der Waals surface area (Å²) in [6.45, 7) is 2.26. The number of carbonyl (C=O) groups is 2. The Bertz CT molecular complexity index is 698. The highest BCUT2D eigenvalue weighted by molar-refractivity contribution is 9.10. The molecule has 0 aliphatic carbocycles. The summed E-state index contributed by atoms with van der Waals surface area (Å²) in [5, 5.41) is 2.83. The second kappa shape index (κ2) is 6.54. The summed E-state index contributed by atoms with van der Waals surface area (Å²) < 4.78 is 0.786. The van der Waals surface area contributed by atoms with E-state index in [0.29, 0.717) is 17.7 Å². The summed E-state index contributed by atoms with van der Waals surface area (Å²) in [5.74, 6) is -0.653. The van der Waals surface area contributed by atoms with Gasteiger partial charge in [0.15, 0.2) is 0 Å². The molecule has 0 radical (unpaired) electrons. The molecule has 0 aromatic heterocycles. The smallest absolute Gasteiger partial charge is 0.252 e. The topological polar surface area (TPSA) is 72.2 Å². The van der Waals surface area contributed by atoms with E-state index < -0.39 is 5.91 Å². The van der Waals surface area contributed by atoms with Crippen molar-refractivity contribution < 1.29 is 9.59 Å². The molecule has 2 aromatic rings. The first-order valence-corrected chi connectivity index (χ1v) is 7.20. The third-order valence-corrected chi connectivity index (χ3v) is 4.15. The molecule has 2 aromatic carbocycles. The first-order chi connectivity index (χ1) is 9.99. The zero-order chi connectivity index (χ0) is 15.4. The number of halogens is 1. The third kappa shape index (κ3) is 3.70. The van der Waals surface area contributed by atoms with Gasteiger partial charge in [-0.05, 0) is 52.2 Å². The summed E-state index contributed by atoms with van der Waals surface area (Å²) in [6, 6.07) is 12.4. The van der Waals surface area contributed by atoms with Crippen LogP contribution in [0.4, 0.5) is 0 Å². The molecular formula is C16H15BrN2O2. The zero-order valence-corrected chi connectivity index (χ0v) is 13.1. The predicted octanol–water partition coefficient (Wildman–Crippen LogP) is 2.79. The van der Waals surface area contributed by atoms with Gasteiger partial charge < -0.3 is 11.1 Å². The van der Waals surface area contributed by atoms with Crippen LogP contribution >= 0.6 is 15.9 Å². The third-order valence-electron chi connectivity index (χ3n) is 3.10. The van der Waals surface area contributed by atoms with Crippen LogP contribution in [-0.4, -0.2) is 11.8 Å². The molecule has 3 N–H and O–H groups in total. The van der Waals surface area contributed by atoms with Crippen LogP contribution < -0.4 is 11.1 Å². The standard InChI is InChI=1S/C16H15BrN2O2/c1-10-4-2-7-13(14(10)17)16(21)19-9-11-5-3-6-12(8-11)15(18)20/h2-8H,9H2,1H3,(H2,18,20)(H,19,21). The molecule has 0 heterocycles. The normalized spacial score (nSPS) is 10.2. The molecule has 0 aliphatic rings. The number of hydrogen-bond donors (Lipinski definition) is 2. The van der Waals surface area contributed by atoms with Gasteiger partial charge >= 0.3 is 0 Å². The zero-order valence-electron chi connectivity index (χ0n) is 11.5. The monoisotopic (exact) mass is 346 g/mol. The maximum absolute atomic E-state index is 12.2. The minimum atomic E-state index is -0.482. The minimum Gasteiger partial charge on any atom is -0.366 e. The maximum Gasteiger partial charge on any atom is 0.252 e. The van der Waals surface area contributed by atoms with Crippen molar-refractivity contribution in [3.05, 3.63) is 69.2 Å². The van der Waals surface area contributed by atoms with Crippen molar-refractivity contribution in [3.8, 4) is 0 Å². The molecule has 0 unspecified atom stereocenters. The van der Waals surface area contributed by atoms with Crippen LogP contribution in [0.15, 0.2) is 46.9 Å². The molecule has 0 fully saturated rings. The van der Waals surface area contributed by atoms with E-state index in [0.717, 1.165) is 15.6 Å². The molecular weight excluding hydrogens is 332 g/mol. The highest BCUT2D eigenvalue weighted by atomic mass is 79.9. The second-order valence-electron chi connectivity index (χ2n) is 4.68. The summed E-state index contributed by atoms with van der Waals surface area (Å²) in [7, 11) is 0. The highest BCUT2D eigenvalue weighted by Crippen LogP contribution is 2.20. The molecule has 0 bridgehead atoms. The van der Waals surface area contributed by atoms with Gasteiger partial charge in [-0.3, -0.25) is 9.59 Å². The van der Waals surface area contributed by atoms with Gasteiger partial charge in [0.1, 0.15) is 0 Å². The second-order valence-corrected chi connectivity index (χ2v) is 5.48. The number of nitrogens with one attached hydrogen (secondary N) is 1. The largest absolute Gasteiger partial charge is 0.366 e. The number of primary amides is 1. The lowest BCUT2D eigenvalue weighted by atomic mass is 10.1. The maximum atomic E-state index is 12.2. The quantitative estimate of drug-likeness (QED) is 0.893. The van der Waals surface area contributed by atoms with Crippen LogP contribution in [0.25, 0.3) is 0 Å². The van der Waals surface area contributed by atoms with Crippen molar-refractivity contribution in [1.82, 2.24) is 5.32 Å². The highest BCUT2D eigenvalue weighted by Gasteiger charge is 2.11. The molecule has 0 aliphatic heterocycles. The lowest BCUT2D eigenvalue weighted by Gasteiger charge is -2.09. The SMILES string of the molecule is Cc1cccc(C(=O)NCc2cccc(C(N)=O)c2)c1Br. The number of aryl methyl sites for hydroxylation is 1.